The SMILES string of the molecule is Cc1ccc(S(=O)(=O)CC(=O)Nc2ccc3nc(SCCc4ccsc4)sc3c2)cc1. The fourth-order valence-corrected chi connectivity index (χ4v) is 6.94. The first-order chi connectivity index (χ1) is 14.9. The van der Waals surface area contributed by atoms with Gasteiger partial charge in [-0.1, -0.05) is 29.5 Å². The first-order valence-corrected chi connectivity index (χ1v) is 13.9. The van der Waals surface area contributed by atoms with Crippen molar-refractivity contribution >= 4 is 66.1 Å². The highest BCUT2D eigenvalue weighted by molar-refractivity contribution is 8.01. The van der Waals surface area contributed by atoms with Gasteiger partial charge in [-0.25, -0.2) is 13.4 Å². The number of carbonyl (C=O) groups excluding carboxylic acids is 1. The number of benzene rings is 2. The second-order valence-electron chi connectivity index (χ2n) is 7.01. The van der Waals surface area contributed by atoms with Crippen molar-refractivity contribution in [3.05, 3.63) is 70.4 Å². The number of nitrogens with zero attached hydrogens (tertiary/aromatic N) is 1. The van der Waals surface area contributed by atoms with E-state index in [1.165, 1.54) is 17.7 Å². The van der Waals surface area contributed by atoms with Gasteiger partial charge >= 0.3 is 0 Å². The van der Waals surface area contributed by atoms with E-state index >= 15 is 0 Å². The minimum atomic E-state index is -3.69. The molecule has 1 N–H and O–H groups in total. The molecule has 0 radical (unpaired) electrons. The lowest BCUT2D eigenvalue weighted by Crippen LogP contribution is -2.23. The maximum Gasteiger partial charge on any atom is 0.239 e. The van der Waals surface area contributed by atoms with Crippen LogP contribution in [0.1, 0.15) is 11.1 Å². The van der Waals surface area contributed by atoms with Gasteiger partial charge in [-0.05, 0) is 66.1 Å². The third-order valence-corrected chi connectivity index (χ3v) is 9.08. The number of nitrogens with one attached hydrogen (secondary N) is 1. The van der Waals surface area contributed by atoms with Gasteiger partial charge in [0.25, 0.3) is 0 Å². The number of aromatic nitrogens is 1. The Morgan fingerprint density at radius 3 is 2.68 bits per heavy atom. The van der Waals surface area contributed by atoms with Gasteiger partial charge in [0.15, 0.2) is 14.2 Å². The van der Waals surface area contributed by atoms with Crippen LogP contribution in [0, 0.1) is 6.92 Å². The number of thiophene rings is 1. The number of rotatable bonds is 8. The number of hydrogen-bond acceptors (Lipinski definition) is 7. The van der Waals surface area contributed by atoms with Crippen molar-refractivity contribution in [2.24, 2.45) is 0 Å². The maximum absolute atomic E-state index is 12.5. The molecule has 0 spiro atoms. The number of sulfone groups is 1. The molecule has 0 aliphatic carbocycles. The Kier molecular flexibility index (Phi) is 6.76. The zero-order chi connectivity index (χ0) is 21.8. The molecule has 31 heavy (non-hydrogen) atoms. The first kappa shape index (κ1) is 22.0. The average molecular weight is 489 g/mol. The van der Waals surface area contributed by atoms with Crippen LogP contribution in [-0.4, -0.2) is 30.8 Å². The Bertz CT molecular complexity index is 1290. The number of aryl methyl sites for hydroxylation is 2. The standard InChI is InChI=1S/C22H20N2O3S4/c1-15-2-5-18(6-3-15)31(26,27)14-21(25)23-17-4-7-19-20(12-17)30-22(24-19)29-11-9-16-8-10-28-13-16/h2-8,10,12-13H,9,11,14H2,1H3,(H,23,25). The zero-order valence-corrected chi connectivity index (χ0v) is 20.0. The number of hydrogen-bond donors (Lipinski definition) is 1. The summed E-state index contributed by atoms with van der Waals surface area (Å²) >= 11 is 4.99. The molecule has 0 atom stereocenters. The van der Waals surface area contributed by atoms with Crippen molar-refractivity contribution in [1.29, 1.82) is 0 Å². The Balaban J connectivity index is 1.38. The lowest BCUT2D eigenvalue weighted by atomic mass is 10.2. The molecule has 4 rings (SSSR count). The smallest absolute Gasteiger partial charge is 0.239 e. The van der Waals surface area contributed by atoms with Gasteiger partial charge in [0.1, 0.15) is 5.75 Å². The predicted octanol–water partition coefficient (Wildman–Crippen LogP) is 5.41. The highest BCUT2D eigenvalue weighted by Crippen LogP contribution is 2.31. The van der Waals surface area contributed by atoms with Crippen molar-refractivity contribution < 1.29 is 13.2 Å². The van der Waals surface area contributed by atoms with Crippen molar-refractivity contribution in [2.75, 3.05) is 16.8 Å². The van der Waals surface area contributed by atoms with Crippen molar-refractivity contribution in [3.8, 4) is 0 Å². The summed E-state index contributed by atoms with van der Waals surface area (Å²) in [5, 5.41) is 6.94. The van der Waals surface area contributed by atoms with E-state index in [2.05, 4.69) is 27.1 Å². The monoisotopic (exact) mass is 488 g/mol. The predicted molar refractivity (Wildman–Crippen MR) is 130 cm³/mol. The van der Waals surface area contributed by atoms with E-state index in [9.17, 15) is 13.2 Å². The summed E-state index contributed by atoms with van der Waals surface area (Å²) in [7, 11) is -3.69. The fourth-order valence-electron chi connectivity index (χ4n) is 2.93. The number of thioether (sulfide) groups is 1. The van der Waals surface area contributed by atoms with Crippen LogP contribution in [0.25, 0.3) is 10.2 Å². The molecule has 9 heteroatoms. The summed E-state index contributed by atoms with van der Waals surface area (Å²) in [4.78, 5) is 17.1. The van der Waals surface area contributed by atoms with Crippen LogP contribution in [0.2, 0.25) is 0 Å². The van der Waals surface area contributed by atoms with Gasteiger partial charge in [-0.3, -0.25) is 4.79 Å². The van der Waals surface area contributed by atoms with Crippen LogP contribution < -0.4 is 5.32 Å². The third kappa shape index (κ3) is 5.74. The van der Waals surface area contributed by atoms with Gasteiger partial charge in [0, 0.05) is 11.4 Å². The van der Waals surface area contributed by atoms with E-state index in [1.54, 1.807) is 52.6 Å². The van der Waals surface area contributed by atoms with E-state index in [0.29, 0.717) is 5.69 Å². The summed E-state index contributed by atoms with van der Waals surface area (Å²) in [5.41, 5.74) is 3.73. The van der Waals surface area contributed by atoms with Gasteiger partial charge in [0.05, 0.1) is 15.1 Å². The molecule has 0 aliphatic rings. The van der Waals surface area contributed by atoms with E-state index in [0.717, 1.165) is 32.3 Å². The van der Waals surface area contributed by atoms with E-state index in [1.807, 2.05) is 19.1 Å². The van der Waals surface area contributed by atoms with Crippen LogP contribution in [-0.2, 0) is 21.1 Å². The van der Waals surface area contributed by atoms with E-state index in [-0.39, 0.29) is 4.90 Å². The molecule has 1 amide bonds. The van der Waals surface area contributed by atoms with Gasteiger partial charge < -0.3 is 5.32 Å². The summed E-state index contributed by atoms with van der Waals surface area (Å²) < 4.78 is 26.9. The van der Waals surface area contributed by atoms with Crippen LogP contribution in [0.5, 0.6) is 0 Å². The summed E-state index contributed by atoms with van der Waals surface area (Å²) in [6.07, 6.45) is 1.00. The summed E-state index contributed by atoms with van der Waals surface area (Å²) in [6.45, 7) is 1.88. The normalized spacial score (nSPS) is 11.6. The second kappa shape index (κ2) is 9.52. The number of amides is 1. The quantitative estimate of drug-likeness (QED) is 0.336. The van der Waals surface area contributed by atoms with Gasteiger partial charge in [0.2, 0.25) is 5.91 Å². The molecule has 0 unspecified atom stereocenters. The first-order valence-electron chi connectivity index (χ1n) is 9.53. The third-order valence-electron chi connectivity index (χ3n) is 4.55. The summed E-state index contributed by atoms with van der Waals surface area (Å²) in [5.74, 6) is -0.202. The summed E-state index contributed by atoms with van der Waals surface area (Å²) in [6, 6.07) is 14.1. The number of fused-ring (bicyclic) bond motifs is 1. The highest BCUT2D eigenvalue weighted by atomic mass is 32.2. The van der Waals surface area contributed by atoms with E-state index in [4.69, 9.17) is 0 Å². The van der Waals surface area contributed by atoms with Crippen LogP contribution in [0.15, 0.2) is 68.5 Å². The van der Waals surface area contributed by atoms with Crippen LogP contribution >= 0.6 is 34.4 Å². The van der Waals surface area contributed by atoms with Crippen molar-refractivity contribution in [3.63, 3.8) is 0 Å². The van der Waals surface area contributed by atoms with Crippen LogP contribution in [0.4, 0.5) is 5.69 Å². The Morgan fingerprint density at radius 2 is 1.94 bits per heavy atom. The second-order valence-corrected chi connectivity index (χ2v) is 12.2. The molecular formula is C22H20N2O3S4. The molecule has 5 nitrogen and oxygen atoms in total. The topological polar surface area (TPSA) is 76.1 Å². The Labute approximate surface area is 193 Å². The molecule has 0 aliphatic heterocycles. The van der Waals surface area contributed by atoms with Crippen molar-refractivity contribution in [2.45, 2.75) is 22.6 Å². The molecule has 2 heterocycles. The molecule has 160 valence electrons. The lowest BCUT2D eigenvalue weighted by Gasteiger charge is -2.07. The van der Waals surface area contributed by atoms with Crippen LogP contribution in [0.3, 0.4) is 0 Å². The molecule has 0 bridgehead atoms. The van der Waals surface area contributed by atoms with Gasteiger partial charge in [-0.2, -0.15) is 11.3 Å². The molecule has 2 aromatic heterocycles. The Hall–Kier alpha value is -2.20. The van der Waals surface area contributed by atoms with E-state index < -0.39 is 21.5 Å². The number of thiazole rings is 1. The molecule has 0 saturated heterocycles. The highest BCUT2D eigenvalue weighted by Gasteiger charge is 2.19. The lowest BCUT2D eigenvalue weighted by molar-refractivity contribution is -0.113. The fraction of sp³-hybridized carbons (Fsp3) is 0.182. The minimum Gasteiger partial charge on any atom is -0.325 e. The number of carbonyl (C=O) groups is 1. The van der Waals surface area contributed by atoms with Gasteiger partial charge in [-0.15, -0.1) is 11.3 Å². The average Bonchev–Trinajstić information content (AvgIpc) is 3.37. The largest absolute Gasteiger partial charge is 0.325 e. The molecule has 2 aromatic carbocycles. The minimum absolute atomic E-state index is 0.148. The zero-order valence-electron chi connectivity index (χ0n) is 16.7. The molecular weight excluding hydrogens is 469 g/mol. The Morgan fingerprint density at radius 1 is 1.13 bits per heavy atom. The molecule has 0 saturated carbocycles. The molecule has 4 aromatic rings. The molecule has 0 fully saturated rings. The van der Waals surface area contributed by atoms with Crippen molar-refractivity contribution in [1.82, 2.24) is 4.98 Å². The maximum atomic E-state index is 12.5. The number of anilines is 1.